The predicted octanol–water partition coefficient (Wildman–Crippen LogP) is 1.99. The van der Waals surface area contributed by atoms with E-state index in [-0.39, 0.29) is 5.69 Å². The van der Waals surface area contributed by atoms with Gasteiger partial charge in [0.1, 0.15) is 0 Å². The van der Waals surface area contributed by atoms with Gasteiger partial charge in [-0.15, -0.1) is 0 Å². The molecule has 0 fully saturated rings. The van der Waals surface area contributed by atoms with Gasteiger partial charge in [-0.25, -0.2) is 9.78 Å². The molecule has 0 saturated heterocycles. The van der Waals surface area contributed by atoms with Crippen molar-refractivity contribution in [2.45, 2.75) is 0 Å². The largest absolute Gasteiger partial charge is 0.476 e. The van der Waals surface area contributed by atoms with Crippen molar-refractivity contribution >= 4 is 51.2 Å². The van der Waals surface area contributed by atoms with E-state index in [0.717, 1.165) is 3.57 Å². The van der Waals surface area contributed by atoms with Crippen LogP contribution in [0.1, 0.15) is 10.5 Å². The Morgan fingerprint density at radius 3 is 2.64 bits per heavy atom. The lowest BCUT2D eigenvalue weighted by Gasteiger charge is -1.96. The van der Waals surface area contributed by atoms with E-state index in [1.54, 1.807) is 6.07 Å². The Hall–Kier alpha value is 0.0800. The van der Waals surface area contributed by atoms with Crippen molar-refractivity contribution in [1.82, 2.24) is 4.98 Å². The Morgan fingerprint density at radius 1 is 1.55 bits per heavy atom. The fourth-order valence-corrected chi connectivity index (χ4v) is 2.32. The molecule has 1 N–H and O–H groups in total. The highest BCUT2D eigenvalue weighted by Crippen LogP contribution is 2.12. The molecule has 1 aromatic rings. The van der Waals surface area contributed by atoms with Gasteiger partial charge in [0.25, 0.3) is 0 Å². The third-order valence-corrected chi connectivity index (χ3v) is 2.42. The highest BCUT2D eigenvalue weighted by atomic mass is 127. The van der Waals surface area contributed by atoms with Crippen molar-refractivity contribution in [1.29, 1.82) is 0 Å². The van der Waals surface area contributed by atoms with Crippen LogP contribution in [0.5, 0.6) is 0 Å². The van der Waals surface area contributed by atoms with E-state index in [1.165, 1.54) is 6.20 Å². The van der Waals surface area contributed by atoms with E-state index < -0.39 is 5.97 Å². The van der Waals surface area contributed by atoms with Crippen molar-refractivity contribution in [2.24, 2.45) is 0 Å². The zero-order valence-corrected chi connectivity index (χ0v) is 9.53. The Balaban J connectivity index is 3.20. The summed E-state index contributed by atoms with van der Waals surface area (Å²) in [5.41, 5.74) is 0.117. The quantitative estimate of drug-likeness (QED) is 0.765. The van der Waals surface area contributed by atoms with Crippen molar-refractivity contribution in [2.75, 3.05) is 0 Å². The number of rotatable bonds is 1. The summed E-state index contributed by atoms with van der Waals surface area (Å²) in [6.45, 7) is 0. The first-order chi connectivity index (χ1) is 5.11. The average molecular weight is 375 g/mol. The van der Waals surface area contributed by atoms with Crippen LogP contribution in [0.25, 0.3) is 0 Å². The Kier molecular flexibility index (Phi) is 3.05. The van der Waals surface area contributed by atoms with Gasteiger partial charge in [-0.05, 0) is 51.2 Å². The molecule has 0 spiro atoms. The highest BCUT2D eigenvalue weighted by molar-refractivity contribution is 14.1. The molecule has 1 rings (SSSR count). The Labute approximate surface area is 90.5 Å². The second-order valence-electron chi connectivity index (χ2n) is 1.79. The molecule has 3 nitrogen and oxygen atoms in total. The summed E-state index contributed by atoms with van der Waals surface area (Å²) in [4.78, 5) is 14.2. The first kappa shape index (κ1) is 9.17. The van der Waals surface area contributed by atoms with Crippen LogP contribution in [-0.2, 0) is 0 Å². The van der Waals surface area contributed by atoms with Gasteiger partial charge in [-0.2, -0.15) is 0 Å². The lowest BCUT2D eigenvalue weighted by Crippen LogP contribution is -2.03. The molecular weight excluding hydrogens is 372 g/mol. The Morgan fingerprint density at radius 2 is 2.18 bits per heavy atom. The second-order valence-corrected chi connectivity index (χ2v) is 4.20. The van der Waals surface area contributed by atoms with Crippen LogP contribution in [0.2, 0.25) is 0 Å². The van der Waals surface area contributed by atoms with E-state index in [2.05, 4.69) is 27.6 Å². The van der Waals surface area contributed by atoms with E-state index in [9.17, 15) is 4.79 Å². The summed E-state index contributed by atoms with van der Waals surface area (Å²) in [7, 11) is 0. The maximum atomic E-state index is 10.5. The number of halogens is 2. The zero-order valence-electron chi connectivity index (χ0n) is 5.21. The fourth-order valence-electron chi connectivity index (χ4n) is 0.572. The molecular formula is C6H3I2NO2. The summed E-state index contributed by atoms with van der Waals surface area (Å²) < 4.78 is 1.61. The minimum atomic E-state index is -0.981. The average Bonchev–Trinajstić information content (AvgIpc) is 1.85. The number of nitrogens with zero attached hydrogens (tertiary/aromatic N) is 1. The maximum absolute atomic E-state index is 10.5. The molecule has 0 amide bonds. The summed E-state index contributed by atoms with van der Waals surface area (Å²) in [6, 6.07) is 1.78. The molecule has 0 radical (unpaired) electrons. The number of carboxylic acids is 1. The van der Waals surface area contributed by atoms with E-state index >= 15 is 0 Å². The van der Waals surface area contributed by atoms with Crippen LogP contribution >= 0.6 is 45.2 Å². The van der Waals surface area contributed by atoms with Crippen molar-refractivity contribution < 1.29 is 9.90 Å². The van der Waals surface area contributed by atoms with Gasteiger partial charge in [-0.3, -0.25) is 0 Å². The van der Waals surface area contributed by atoms with Crippen LogP contribution in [0, 0.1) is 7.14 Å². The van der Waals surface area contributed by atoms with Crippen LogP contribution in [0.3, 0.4) is 0 Å². The molecule has 1 heterocycles. The van der Waals surface area contributed by atoms with Gasteiger partial charge in [0.2, 0.25) is 0 Å². The summed E-state index contributed by atoms with van der Waals surface area (Å²) in [6.07, 6.45) is 1.53. The van der Waals surface area contributed by atoms with Crippen molar-refractivity contribution in [3.8, 4) is 0 Å². The van der Waals surface area contributed by atoms with Crippen LogP contribution in [0.4, 0.5) is 0 Å². The number of pyridine rings is 1. The second kappa shape index (κ2) is 3.65. The summed E-state index contributed by atoms with van der Waals surface area (Å²) >= 11 is 4.04. The SMILES string of the molecule is O=C(O)c1ncc(I)cc1I. The van der Waals surface area contributed by atoms with Crippen LogP contribution in [-0.4, -0.2) is 16.1 Å². The van der Waals surface area contributed by atoms with Gasteiger partial charge >= 0.3 is 5.97 Å². The third kappa shape index (κ3) is 2.26. The Bertz CT molecular complexity index is 301. The molecule has 0 aliphatic heterocycles. The molecule has 0 atom stereocenters. The number of hydrogen-bond acceptors (Lipinski definition) is 2. The lowest BCUT2D eigenvalue weighted by molar-refractivity contribution is 0.0689. The molecule has 58 valence electrons. The van der Waals surface area contributed by atoms with Crippen LogP contribution in [0.15, 0.2) is 12.3 Å². The lowest BCUT2D eigenvalue weighted by atomic mass is 10.4. The molecule has 0 aromatic carbocycles. The zero-order chi connectivity index (χ0) is 8.43. The molecule has 0 saturated carbocycles. The maximum Gasteiger partial charge on any atom is 0.355 e. The minimum absolute atomic E-state index is 0.117. The van der Waals surface area contributed by atoms with Gasteiger partial charge in [0.05, 0.1) is 0 Å². The molecule has 11 heavy (non-hydrogen) atoms. The number of carbonyl (C=O) groups is 1. The molecule has 1 aromatic heterocycles. The van der Waals surface area contributed by atoms with E-state index in [1.807, 2.05) is 22.6 Å². The fraction of sp³-hybridized carbons (Fsp3) is 0. The topological polar surface area (TPSA) is 50.2 Å². The highest BCUT2D eigenvalue weighted by Gasteiger charge is 2.08. The smallest absolute Gasteiger partial charge is 0.355 e. The standard InChI is InChI=1S/C6H3I2NO2/c7-3-1-4(8)5(6(10)11)9-2-3/h1-2H,(H,10,11). The number of carboxylic acid groups (broad SMARTS) is 1. The van der Waals surface area contributed by atoms with Crippen LogP contribution < -0.4 is 0 Å². The monoisotopic (exact) mass is 375 g/mol. The molecule has 0 aliphatic carbocycles. The molecule has 0 aliphatic rings. The molecule has 5 heteroatoms. The summed E-state index contributed by atoms with van der Waals surface area (Å²) in [5, 5.41) is 8.59. The van der Waals surface area contributed by atoms with Gasteiger partial charge < -0.3 is 5.11 Å². The minimum Gasteiger partial charge on any atom is -0.476 e. The van der Waals surface area contributed by atoms with Gasteiger partial charge in [0, 0.05) is 13.3 Å². The first-order valence-corrected chi connectivity index (χ1v) is 4.81. The van der Waals surface area contributed by atoms with Crippen molar-refractivity contribution in [3.63, 3.8) is 0 Å². The number of aromatic carboxylic acids is 1. The molecule has 0 unspecified atom stereocenters. The first-order valence-electron chi connectivity index (χ1n) is 2.65. The summed E-state index contributed by atoms with van der Waals surface area (Å²) in [5.74, 6) is -0.981. The normalized spacial score (nSPS) is 9.64. The van der Waals surface area contributed by atoms with Gasteiger partial charge in [-0.1, -0.05) is 0 Å². The number of aromatic nitrogens is 1. The van der Waals surface area contributed by atoms with Crippen molar-refractivity contribution in [3.05, 3.63) is 25.1 Å². The third-order valence-electron chi connectivity index (χ3n) is 1.01. The molecule has 0 bridgehead atoms. The van der Waals surface area contributed by atoms with E-state index in [0.29, 0.717) is 3.57 Å². The van der Waals surface area contributed by atoms with E-state index in [4.69, 9.17) is 5.11 Å². The van der Waals surface area contributed by atoms with Gasteiger partial charge in [0.15, 0.2) is 5.69 Å². The predicted molar refractivity (Wildman–Crippen MR) is 56.6 cm³/mol. The number of hydrogen-bond donors (Lipinski definition) is 1.